The summed E-state index contributed by atoms with van der Waals surface area (Å²) >= 11 is 0. The zero-order chi connectivity index (χ0) is 22.0. The predicted molar refractivity (Wildman–Crippen MR) is 116 cm³/mol. The minimum Gasteiger partial charge on any atom is -0.461 e. The highest BCUT2D eigenvalue weighted by Crippen LogP contribution is 2.21. The third-order valence-electron chi connectivity index (χ3n) is 4.98. The Morgan fingerprint density at radius 3 is 2.32 bits per heavy atom. The number of esters is 1. The van der Waals surface area contributed by atoms with Gasteiger partial charge in [0.05, 0.1) is 41.0 Å². The maximum atomic E-state index is 13.4. The van der Waals surface area contributed by atoms with E-state index in [2.05, 4.69) is 10.2 Å². The van der Waals surface area contributed by atoms with Crippen LogP contribution in [0.25, 0.3) is 11.4 Å². The molecule has 0 saturated heterocycles. The highest BCUT2D eigenvalue weighted by atomic mass is 16.5. The Bertz CT molecular complexity index is 1240. The van der Waals surface area contributed by atoms with Gasteiger partial charge < -0.3 is 4.74 Å². The molecule has 0 aliphatic rings. The van der Waals surface area contributed by atoms with Crippen LogP contribution in [0.3, 0.4) is 0 Å². The van der Waals surface area contributed by atoms with E-state index >= 15 is 0 Å². The minimum absolute atomic E-state index is 0.0145. The van der Waals surface area contributed by atoms with Crippen LogP contribution in [0.4, 0.5) is 0 Å². The Labute approximate surface area is 179 Å². The monoisotopic (exact) mass is 414 g/mol. The van der Waals surface area contributed by atoms with E-state index in [1.165, 1.54) is 10.9 Å². The number of carbonyl (C=O) groups is 2. The van der Waals surface area contributed by atoms with Gasteiger partial charge in [0.25, 0.3) is 0 Å². The SMILES string of the molecule is CCOC(=O)c1nn(-c2ccc(C)cc2)cc1C(=O)c1cnn(-c2ccccc2)c1C. The van der Waals surface area contributed by atoms with Crippen molar-refractivity contribution in [2.75, 3.05) is 6.61 Å². The van der Waals surface area contributed by atoms with Crippen LogP contribution in [0, 0.1) is 13.8 Å². The molecule has 156 valence electrons. The average molecular weight is 414 g/mol. The van der Waals surface area contributed by atoms with Crippen molar-refractivity contribution in [2.45, 2.75) is 20.8 Å². The zero-order valence-electron chi connectivity index (χ0n) is 17.6. The van der Waals surface area contributed by atoms with Gasteiger partial charge in [0.15, 0.2) is 5.69 Å². The van der Waals surface area contributed by atoms with E-state index in [0.717, 1.165) is 16.9 Å². The molecule has 0 aliphatic carbocycles. The van der Waals surface area contributed by atoms with E-state index < -0.39 is 5.97 Å². The molecule has 0 unspecified atom stereocenters. The first-order chi connectivity index (χ1) is 15.0. The molecule has 0 atom stereocenters. The summed E-state index contributed by atoms with van der Waals surface area (Å²) < 4.78 is 8.36. The van der Waals surface area contributed by atoms with Crippen LogP contribution in [0.2, 0.25) is 0 Å². The molecule has 4 rings (SSSR count). The first kappa shape index (κ1) is 20.3. The van der Waals surface area contributed by atoms with Gasteiger partial charge in [-0.15, -0.1) is 0 Å². The molecule has 7 heteroatoms. The van der Waals surface area contributed by atoms with Gasteiger partial charge in [0.1, 0.15) is 0 Å². The largest absolute Gasteiger partial charge is 0.461 e. The molecule has 2 aromatic heterocycles. The van der Waals surface area contributed by atoms with E-state index in [9.17, 15) is 9.59 Å². The second-order valence-corrected chi connectivity index (χ2v) is 7.11. The molecule has 2 heterocycles. The van der Waals surface area contributed by atoms with Crippen LogP contribution in [-0.4, -0.2) is 37.9 Å². The van der Waals surface area contributed by atoms with Gasteiger partial charge in [-0.1, -0.05) is 35.9 Å². The standard InChI is InChI=1S/C24H22N4O3/c1-4-31-24(30)22-21(15-27(26-22)18-12-10-16(2)11-13-18)23(29)20-14-25-28(17(20)3)19-8-6-5-7-9-19/h5-15H,4H2,1-3H3. The Kier molecular flexibility index (Phi) is 5.49. The van der Waals surface area contributed by atoms with Gasteiger partial charge in [0.2, 0.25) is 5.78 Å². The van der Waals surface area contributed by atoms with Crippen molar-refractivity contribution < 1.29 is 14.3 Å². The molecule has 7 nitrogen and oxygen atoms in total. The van der Waals surface area contributed by atoms with Crippen molar-refractivity contribution in [1.29, 1.82) is 0 Å². The lowest BCUT2D eigenvalue weighted by molar-refractivity contribution is 0.0516. The lowest BCUT2D eigenvalue weighted by Crippen LogP contribution is -2.12. The normalized spacial score (nSPS) is 10.8. The molecule has 0 saturated carbocycles. The predicted octanol–water partition coefficient (Wildman–Crippen LogP) is 4.08. The highest BCUT2D eigenvalue weighted by molar-refractivity contribution is 6.14. The molecule has 0 amide bonds. The zero-order valence-corrected chi connectivity index (χ0v) is 17.6. The number of ketones is 1. The molecule has 31 heavy (non-hydrogen) atoms. The maximum Gasteiger partial charge on any atom is 0.359 e. The summed E-state index contributed by atoms with van der Waals surface area (Å²) in [6, 6.07) is 17.2. The third-order valence-corrected chi connectivity index (χ3v) is 4.98. The molecular weight excluding hydrogens is 392 g/mol. The maximum absolute atomic E-state index is 13.4. The van der Waals surface area contributed by atoms with E-state index in [1.54, 1.807) is 17.8 Å². The van der Waals surface area contributed by atoms with Gasteiger partial charge in [-0.05, 0) is 45.0 Å². The number of rotatable bonds is 6. The van der Waals surface area contributed by atoms with E-state index in [4.69, 9.17) is 4.74 Å². The Morgan fingerprint density at radius 2 is 1.65 bits per heavy atom. The average Bonchev–Trinajstić information content (AvgIpc) is 3.39. The Morgan fingerprint density at radius 1 is 0.935 bits per heavy atom. The number of aromatic nitrogens is 4. The topological polar surface area (TPSA) is 79.0 Å². The van der Waals surface area contributed by atoms with Crippen molar-refractivity contribution >= 4 is 11.8 Å². The summed E-state index contributed by atoms with van der Waals surface area (Å²) in [7, 11) is 0. The molecule has 0 N–H and O–H groups in total. The molecule has 0 bridgehead atoms. The van der Waals surface area contributed by atoms with Crippen LogP contribution in [0.1, 0.15) is 44.6 Å². The van der Waals surface area contributed by atoms with Gasteiger partial charge in [-0.25, -0.2) is 14.2 Å². The number of ether oxygens (including phenoxy) is 1. The summed E-state index contributed by atoms with van der Waals surface area (Å²) in [4.78, 5) is 26.0. The minimum atomic E-state index is -0.634. The summed E-state index contributed by atoms with van der Waals surface area (Å²) in [5.41, 5.74) is 3.93. The fraction of sp³-hybridized carbons (Fsp3) is 0.167. The Balaban J connectivity index is 1.78. The number of hydrogen-bond acceptors (Lipinski definition) is 5. The van der Waals surface area contributed by atoms with Gasteiger partial charge in [-0.3, -0.25) is 4.79 Å². The van der Waals surface area contributed by atoms with E-state index in [-0.39, 0.29) is 23.6 Å². The Hall–Kier alpha value is -4.00. The van der Waals surface area contributed by atoms with Crippen LogP contribution < -0.4 is 0 Å². The van der Waals surface area contributed by atoms with Crippen molar-refractivity contribution in [3.8, 4) is 11.4 Å². The quantitative estimate of drug-likeness (QED) is 0.351. The fourth-order valence-corrected chi connectivity index (χ4v) is 3.33. The first-order valence-electron chi connectivity index (χ1n) is 9.98. The molecule has 0 spiro atoms. The molecule has 4 aromatic rings. The van der Waals surface area contributed by atoms with E-state index in [1.807, 2.05) is 68.4 Å². The van der Waals surface area contributed by atoms with Crippen LogP contribution in [0.5, 0.6) is 0 Å². The van der Waals surface area contributed by atoms with E-state index in [0.29, 0.717) is 11.3 Å². The van der Waals surface area contributed by atoms with Crippen molar-refractivity contribution in [3.63, 3.8) is 0 Å². The third kappa shape index (κ3) is 3.90. The molecule has 2 aromatic carbocycles. The number of nitrogens with zero attached hydrogens (tertiary/aromatic N) is 4. The lowest BCUT2D eigenvalue weighted by Gasteiger charge is -2.05. The summed E-state index contributed by atoms with van der Waals surface area (Å²) in [6.45, 7) is 5.71. The van der Waals surface area contributed by atoms with Crippen molar-refractivity contribution in [2.24, 2.45) is 0 Å². The van der Waals surface area contributed by atoms with Gasteiger partial charge >= 0.3 is 5.97 Å². The number of benzene rings is 2. The van der Waals surface area contributed by atoms with Gasteiger partial charge in [0, 0.05) is 6.20 Å². The van der Waals surface area contributed by atoms with Crippen LogP contribution in [0.15, 0.2) is 67.0 Å². The van der Waals surface area contributed by atoms with Crippen LogP contribution >= 0.6 is 0 Å². The second kappa shape index (κ2) is 8.39. The second-order valence-electron chi connectivity index (χ2n) is 7.11. The highest BCUT2D eigenvalue weighted by Gasteiger charge is 2.27. The fourth-order valence-electron chi connectivity index (χ4n) is 3.33. The summed E-state index contributed by atoms with van der Waals surface area (Å²) in [6.07, 6.45) is 3.08. The molecule has 0 aliphatic heterocycles. The molecule has 0 fully saturated rings. The smallest absolute Gasteiger partial charge is 0.359 e. The molecule has 0 radical (unpaired) electrons. The van der Waals surface area contributed by atoms with Crippen molar-refractivity contribution in [1.82, 2.24) is 19.6 Å². The summed E-state index contributed by atoms with van der Waals surface area (Å²) in [5, 5.41) is 8.73. The number of carbonyl (C=O) groups excluding carboxylic acids is 2. The van der Waals surface area contributed by atoms with Crippen molar-refractivity contribution in [3.05, 3.63) is 95.1 Å². The number of para-hydroxylation sites is 1. The summed E-state index contributed by atoms with van der Waals surface area (Å²) in [5.74, 6) is -0.967. The first-order valence-corrected chi connectivity index (χ1v) is 9.98. The number of aryl methyl sites for hydroxylation is 1. The van der Waals surface area contributed by atoms with Gasteiger partial charge in [-0.2, -0.15) is 10.2 Å². The molecular formula is C24H22N4O3. The lowest BCUT2D eigenvalue weighted by atomic mass is 10.0. The van der Waals surface area contributed by atoms with Crippen LogP contribution in [-0.2, 0) is 4.74 Å². The number of hydrogen-bond donors (Lipinski definition) is 0.